The minimum absolute atomic E-state index is 0.209. The van der Waals surface area contributed by atoms with Gasteiger partial charge in [-0.2, -0.15) is 0 Å². The van der Waals surface area contributed by atoms with Gasteiger partial charge in [0.15, 0.2) is 0 Å². The number of ketones is 1. The molecule has 3 nitrogen and oxygen atoms in total. The number of hydrogen-bond donors (Lipinski definition) is 1. The predicted molar refractivity (Wildman–Crippen MR) is 46.9 cm³/mol. The Morgan fingerprint density at radius 1 is 1.75 bits per heavy atom. The van der Waals surface area contributed by atoms with E-state index < -0.39 is 0 Å². The maximum absolute atomic E-state index is 10.8. The number of carbonyl (C=O) groups is 1. The molecule has 0 aromatic heterocycles. The summed E-state index contributed by atoms with van der Waals surface area (Å²) in [6.45, 7) is 5.80. The second kappa shape index (κ2) is 4.01. The van der Waals surface area contributed by atoms with E-state index in [-0.39, 0.29) is 11.9 Å². The van der Waals surface area contributed by atoms with E-state index in [1.165, 1.54) is 0 Å². The summed E-state index contributed by atoms with van der Waals surface area (Å²) in [7, 11) is 0. The molecule has 12 heavy (non-hydrogen) atoms. The van der Waals surface area contributed by atoms with Gasteiger partial charge in [-0.3, -0.25) is 9.69 Å². The van der Waals surface area contributed by atoms with Crippen molar-refractivity contribution in [3.8, 4) is 0 Å². The highest BCUT2D eigenvalue weighted by atomic mass is 16.3. The fourth-order valence-corrected chi connectivity index (χ4v) is 1.71. The maximum Gasteiger partial charge on any atom is 0.143 e. The molecule has 1 heterocycles. The molecule has 1 rings (SSSR count). The van der Waals surface area contributed by atoms with Gasteiger partial charge in [0.2, 0.25) is 0 Å². The van der Waals surface area contributed by atoms with Crippen LogP contribution in [-0.2, 0) is 4.79 Å². The number of nitrogens with zero attached hydrogens (tertiary/aromatic N) is 1. The lowest BCUT2D eigenvalue weighted by Gasteiger charge is -2.15. The zero-order chi connectivity index (χ0) is 9.14. The van der Waals surface area contributed by atoms with Gasteiger partial charge in [0, 0.05) is 6.54 Å². The summed E-state index contributed by atoms with van der Waals surface area (Å²) < 4.78 is 0. The van der Waals surface area contributed by atoms with E-state index in [4.69, 9.17) is 0 Å². The Balaban J connectivity index is 2.30. The van der Waals surface area contributed by atoms with Gasteiger partial charge in [0.1, 0.15) is 5.78 Å². The number of rotatable bonds is 3. The molecule has 2 unspecified atom stereocenters. The van der Waals surface area contributed by atoms with Crippen LogP contribution < -0.4 is 0 Å². The molecule has 0 radical (unpaired) electrons. The second-order valence-electron chi connectivity index (χ2n) is 3.73. The number of hydrogen-bond acceptors (Lipinski definition) is 3. The largest absolute Gasteiger partial charge is 0.393 e. The van der Waals surface area contributed by atoms with Gasteiger partial charge >= 0.3 is 0 Å². The van der Waals surface area contributed by atoms with Crippen molar-refractivity contribution in [3.63, 3.8) is 0 Å². The molecule has 0 aliphatic carbocycles. The number of likely N-dealkylation sites (tertiary alicyclic amines) is 1. The van der Waals surface area contributed by atoms with Gasteiger partial charge in [0.25, 0.3) is 0 Å². The monoisotopic (exact) mass is 171 g/mol. The van der Waals surface area contributed by atoms with E-state index in [1.807, 2.05) is 6.92 Å². The SMILES string of the molecule is CC(=O)CN1CCC(C(C)O)C1. The lowest BCUT2D eigenvalue weighted by atomic mass is 10.0. The Kier molecular flexibility index (Phi) is 3.23. The number of Topliss-reactive ketones (excluding diaryl/α,β-unsaturated/α-hetero) is 1. The van der Waals surface area contributed by atoms with E-state index in [0.717, 1.165) is 19.5 Å². The standard InChI is InChI=1S/C9H17NO2/c1-7(11)5-10-4-3-9(6-10)8(2)12/h8-9,12H,3-6H2,1-2H3. The number of aliphatic hydroxyl groups excluding tert-OH is 1. The van der Waals surface area contributed by atoms with Crippen molar-refractivity contribution >= 4 is 5.78 Å². The highest BCUT2D eigenvalue weighted by Gasteiger charge is 2.25. The Labute approximate surface area is 73.4 Å². The van der Waals surface area contributed by atoms with Crippen LogP contribution in [0.2, 0.25) is 0 Å². The van der Waals surface area contributed by atoms with Crippen molar-refractivity contribution in [2.75, 3.05) is 19.6 Å². The molecule has 2 atom stereocenters. The summed E-state index contributed by atoms with van der Waals surface area (Å²) in [6.07, 6.45) is 0.784. The fourth-order valence-electron chi connectivity index (χ4n) is 1.71. The van der Waals surface area contributed by atoms with Gasteiger partial charge in [-0.15, -0.1) is 0 Å². The zero-order valence-corrected chi connectivity index (χ0v) is 7.79. The van der Waals surface area contributed by atoms with Crippen LogP contribution in [0.5, 0.6) is 0 Å². The molecule has 1 N–H and O–H groups in total. The van der Waals surface area contributed by atoms with Crippen molar-refractivity contribution in [1.29, 1.82) is 0 Å². The summed E-state index contributed by atoms with van der Waals surface area (Å²) in [5.41, 5.74) is 0. The average molecular weight is 171 g/mol. The first kappa shape index (κ1) is 9.68. The number of aliphatic hydroxyl groups is 1. The third-order valence-corrected chi connectivity index (χ3v) is 2.44. The highest BCUT2D eigenvalue weighted by Crippen LogP contribution is 2.18. The van der Waals surface area contributed by atoms with Crippen molar-refractivity contribution in [1.82, 2.24) is 4.90 Å². The van der Waals surface area contributed by atoms with Gasteiger partial charge in [-0.25, -0.2) is 0 Å². The van der Waals surface area contributed by atoms with Crippen molar-refractivity contribution in [2.45, 2.75) is 26.4 Å². The topological polar surface area (TPSA) is 40.5 Å². The van der Waals surface area contributed by atoms with Crippen molar-refractivity contribution in [2.24, 2.45) is 5.92 Å². The molecule has 0 aromatic rings. The van der Waals surface area contributed by atoms with Crippen molar-refractivity contribution in [3.05, 3.63) is 0 Å². The van der Waals surface area contributed by atoms with Crippen LogP contribution in [0.15, 0.2) is 0 Å². The van der Waals surface area contributed by atoms with Gasteiger partial charge in [-0.05, 0) is 32.7 Å². The summed E-state index contributed by atoms with van der Waals surface area (Å²) in [6, 6.07) is 0. The van der Waals surface area contributed by atoms with Crippen LogP contribution in [0.3, 0.4) is 0 Å². The number of carbonyl (C=O) groups excluding carboxylic acids is 1. The second-order valence-corrected chi connectivity index (χ2v) is 3.73. The zero-order valence-electron chi connectivity index (χ0n) is 7.79. The molecule has 0 amide bonds. The Bertz CT molecular complexity index is 168. The van der Waals surface area contributed by atoms with Crippen LogP contribution in [0.4, 0.5) is 0 Å². The molecule has 3 heteroatoms. The third kappa shape index (κ3) is 2.57. The first-order chi connectivity index (χ1) is 5.59. The Hall–Kier alpha value is -0.410. The summed E-state index contributed by atoms with van der Waals surface area (Å²) in [4.78, 5) is 12.9. The van der Waals surface area contributed by atoms with E-state index in [0.29, 0.717) is 12.5 Å². The van der Waals surface area contributed by atoms with Crippen LogP contribution in [0.1, 0.15) is 20.3 Å². The Morgan fingerprint density at radius 2 is 2.42 bits per heavy atom. The lowest BCUT2D eigenvalue weighted by Crippen LogP contribution is -2.28. The molecule has 1 fully saturated rings. The predicted octanol–water partition coefficient (Wildman–Crippen LogP) is 0.278. The third-order valence-electron chi connectivity index (χ3n) is 2.44. The van der Waals surface area contributed by atoms with Crippen LogP contribution in [0.25, 0.3) is 0 Å². The average Bonchev–Trinajstić information content (AvgIpc) is 2.34. The molecule has 0 saturated carbocycles. The summed E-state index contributed by atoms with van der Waals surface area (Å²) in [5.74, 6) is 0.575. The van der Waals surface area contributed by atoms with Gasteiger partial charge in [-0.1, -0.05) is 0 Å². The van der Waals surface area contributed by atoms with E-state index in [1.54, 1.807) is 6.92 Å². The van der Waals surface area contributed by atoms with Crippen LogP contribution >= 0.6 is 0 Å². The molecule has 0 aromatic carbocycles. The first-order valence-electron chi connectivity index (χ1n) is 4.49. The maximum atomic E-state index is 10.8. The lowest BCUT2D eigenvalue weighted by molar-refractivity contribution is -0.117. The summed E-state index contributed by atoms with van der Waals surface area (Å²) >= 11 is 0. The highest BCUT2D eigenvalue weighted by molar-refractivity contribution is 5.77. The molecule has 70 valence electrons. The van der Waals surface area contributed by atoms with Crippen LogP contribution in [-0.4, -0.2) is 41.5 Å². The summed E-state index contributed by atoms with van der Waals surface area (Å²) in [5, 5.41) is 9.29. The van der Waals surface area contributed by atoms with E-state index in [2.05, 4.69) is 4.90 Å². The quantitative estimate of drug-likeness (QED) is 0.663. The molecule has 0 bridgehead atoms. The molecule has 1 aliphatic heterocycles. The van der Waals surface area contributed by atoms with Crippen molar-refractivity contribution < 1.29 is 9.90 Å². The van der Waals surface area contributed by atoms with E-state index >= 15 is 0 Å². The molecule has 0 spiro atoms. The normalized spacial score (nSPS) is 27.4. The van der Waals surface area contributed by atoms with Gasteiger partial charge in [0.05, 0.1) is 12.6 Å². The molecular formula is C9H17NO2. The smallest absolute Gasteiger partial charge is 0.143 e. The van der Waals surface area contributed by atoms with Crippen LogP contribution in [0, 0.1) is 5.92 Å². The molecule has 1 saturated heterocycles. The Morgan fingerprint density at radius 3 is 2.83 bits per heavy atom. The van der Waals surface area contributed by atoms with Gasteiger partial charge < -0.3 is 5.11 Å². The fraction of sp³-hybridized carbons (Fsp3) is 0.889. The van der Waals surface area contributed by atoms with E-state index in [9.17, 15) is 9.90 Å². The first-order valence-corrected chi connectivity index (χ1v) is 4.49. The minimum atomic E-state index is -0.234. The minimum Gasteiger partial charge on any atom is -0.393 e. The molecule has 1 aliphatic rings. The molecular weight excluding hydrogens is 154 g/mol.